The van der Waals surface area contributed by atoms with Crippen LogP contribution in [0.2, 0.25) is 0 Å². The Hall–Kier alpha value is -0.890. The normalized spacial score (nSPS) is 26.9. The molecule has 100 valence electrons. The maximum atomic E-state index is 13.0. The van der Waals surface area contributed by atoms with Gasteiger partial charge < -0.3 is 5.32 Å². The third kappa shape index (κ3) is 2.74. The van der Waals surface area contributed by atoms with Gasteiger partial charge in [-0.25, -0.2) is 4.39 Å². The number of rotatable bonds is 6. The highest BCUT2D eigenvalue weighted by atomic mass is 19.1. The summed E-state index contributed by atoms with van der Waals surface area (Å²) in [5.41, 5.74) is 1.56. The van der Waals surface area contributed by atoms with Gasteiger partial charge in [0.25, 0.3) is 0 Å². The number of halogens is 1. The fraction of sp³-hybridized carbons (Fsp3) is 0.625. The molecule has 0 saturated heterocycles. The Labute approximate surface area is 110 Å². The van der Waals surface area contributed by atoms with Crippen LogP contribution in [0.15, 0.2) is 24.3 Å². The van der Waals surface area contributed by atoms with Crippen LogP contribution >= 0.6 is 0 Å². The van der Waals surface area contributed by atoms with Gasteiger partial charge in [-0.3, -0.25) is 0 Å². The number of likely N-dealkylation sites (N-methyl/N-ethyl adjacent to an activating group) is 1. The Morgan fingerprint density at radius 2 is 1.89 bits per heavy atom. The van der Waals surface area contributed by atoms with Crippen molar-refractivity contribution in [2.75, 3.05) is 13.1 Å². The van der Waals surface area contributed by atoms with E-state index >= 15 is 0 Å². The molecule has 1 aliphatic carbocycles. The first-order chi connectivity index (χ1) is 8.70. The Morgan fingerprint density at radius 1 is 1.22 bits per heavy atom. The van der Waals surface area contributed by atoms with Gasteiger partial charge in [0, 0.05) is 12.0 Å². The summed E-state index contributed by atoms with van der Waals surface area (Å²) < 4.78 is 13.0. The Bertz CT molecular complexity index is 365. The Balaban J connectivity index is 2.09. The van der Waals surface area contributed by atoms with Gasteiger partial charge in [-0.1, -0.05) is 38.8 Å². The zero-order valence-electron chi connectivity index (χ0n) is 11.5. The van der Waals surface area contributed by atoms with Crippen LogP contribution < -0.4 is 5.32 Å². The SMILES string of the molecule is CCCC1CC(CNCC)(c2ccc(F)cc2)C1. The van der Waals surface area contributed by atoms with E-state index in [1.807, 2.05) is 12.1 Å². The summed E-state index contributed by atoms with van der Waals surface area (Å²) in [7, 11) is 0. The van der Waals surface area contributed by atoms with Crippen molar-refractivity contribution < 1.29 is 4.39 Å². The molecule has 0 radical (unpaired) electrons. The molecule has 1 aromatic carbocycles. The lowest BCUT2D eigenvalue weighted by molar-refractivity contribution is 0.129. The van der Waals surface area contributed by atoms with Crippen LogP contribution in [-0.4, -0.2) is 13.1 Å². The molecule has 18 heavy (non-hydrogen) atoms. The zero-order valence-corrected chi connectivity index (χ0v) is 11.5. The fourth-order valence-corrected chi connectivity index (χ4v) is 3.31. The lowest BCUT2D eigenvalue weighted by Gasteiger charge is -2.49. The molecule has 1 saturated carbocycles. The molecule has 2 heteroatoms. The largest absolute Gasteiger partial charge is 0.316 e. The van der Waals surface area contributed by atoms with Crippen LogP contribution in [0.3, 0.4) is 0 Å². The molecule has 0 aromatic heterocycles. The van der Waals surface area contributed by atoms with E-state index < -0.39 is 0 Å². The van der Waals surface area contributed by atoms with Gasteiger partial charge in [-0.05, 0) is 43.0 Å². The molecule has 0 heterocycles. The number of nitrogens with one attached hydrogen (secondary N) is 1. The van der Waals surface area contributed by atoms with E-state index in [4.69, 9.17) is 0 Å². The van der Waals surface area contributed by atoms with Crippen LogP contribution in [0.5, 0.6) is 0 Å². The molecule has 1 fully saturated rings. The average molecular weight is 249 g/mol. The predicted octanol–water partition coefficient (Wildman–Crippen LogP) is 3.88. The average Bonchev–Trinajstić information content (AvgIpc) is 2.33. The van der Waals surface area contributed by atoms with E-state index in [1.165, 1.54) is 31.2 Å². The molecule has 1 nitrogen and oxygen atoms in total. The summed E-state index contributed by atoms with van der Waals surface area (Å²) in [4.78, 5) is 0. The van der Waals surface area contributed by atoms with Gasteiger partial charge in [0.2, 0.25) is 0 Å². The lowest BCUT2D eigenvalue weighted by atomic mass is 9.57. The van der Waals surface area contributed by atoms with E-state index in [2.05, 4.69) is 19.2 Å². The van der Waals surface area contributed by atoms with E-state index in [9.17, 15) is 4.39 Å². The minimum absolute atomic E-state index is 0.137. The summed E-state index contributed by atoms with van der Waals surface area (Å²) in [5, 5.41) is 3.47. The zero-order chi connectivity index (χ0) is 13.0. The molecule has 0 bridgehead atoms. The molecular weight excluding hydrogens is 225 g/mol. The maximum Gasteiger partial charge on any atom is 0.123 e. The first-order valence-corrected chi connectivity index (χ1v) is 7.17. The standard InChI is InChI=1S/C16H24FN/c1-3-5-13-10-16(11-13,12-18-4-2)14-6-8-15(17)9-7-14/h6-9,13,18H,3-5,10-12H2,1-2H3. The van der Waals surface area contributed by atoms with Gasteiger partial charge in [-0.2, -0.15) is 0 Å². The molecule has 0 aliphatic heterocycles. The van der Waals surface area contributed by atoms with Crippen LogP contribution in [0.4, 0.5) is 4.39 Å². The van der Waals surface area contributed by atoms with E-state index in [0.717, 1.165) is 19.0 Å². The number of hydrogen-bond donors (Lipinski definition) is 1. The Kier molecular flexibility index (Phi) is 4.39. The van der Waals surface area contributed by atoms with Gasteiger partial charge in [-0.15, -0.1) is 0 Å². The third-order valence-corrected chi connectivity index (χ3v) is 4.23. The first-order valence-electron chi connectivity index (χ1n) is 7.17. The van der Waals surface area contributed by atoms with E-state index in [1.54, 1.807) is 12.1 Å². The smallest absolute Gasteiger partial charge is 0.123 e. The number of benzene rings is 1. The van der Waals surface area contributed by atoms with Gasteiger partial charge in [0.15, 0.2) is 0 Å². The highest BCUT2D eigenvalue weighted by Gasteiger charge is 2.44. The van der Waals surface area contributed by atoms with E-state index in [-0.39, 0.29) is 11.2 Å². The summed E-state index contributed by atoms with van der Waals surface area (Å²) in [5.74, 6) is 0.723. The van der Waals surface area contributed by atoms with Crippen molar-refractivity contribution in [1.82, 2.24) is 5.32 Å². The highest BCUT2D eigenvalue weighted by molar-refractivity contribution is 5.30. The topological polar surface area (TPSA) is 12.0 Å². The molecule has 2 rings (SSSR count). The second kappa shape index (κ2) is 5.83. The van der Waals surface area contributed by atoms with Crippen molar-refractivity contribution in [2.45, 2.75) is 44.9 Å². The highest BCUT2D eigenvalue weighted by Crippen LogP contribution is 2.49. The quantitative estimate of drug-likeness (QED) is 0.806. The minimum atomic E-state index is -0.137. The maximum absolute atomic E-state index is 13.0. The first kappa shape index (κ1) is 13.5. The molecule has 0 spiro atoms. The monoisotopic (exact) mass is 249 g/mol. The predicted molar refractivity (Wildman–Crippen MR) is 74.3 cm³/mol. The second-order valence-corrected chi connectivity index (χ2v) is 5.63. The second-order valence-electron chi connectivity index (χ2n) is 5.63. The van der Waals surface area contributed by atoms with Gasteiger partial charge in [0.05, 0.1) is 0 Å². The summed E-state index contributed by atoms with van der Waals surface area (Å²) >= 11 is 0. The van der Waals surface area contributed by atoms with Crippen molar-refractivity contribution >= 4 is 0 Å². The molecule has 1 N–H and O–H groups in total. The molecule has 1 aliphatic rings. The number of hydrogen-bond acceptors (Lipinski definition) is 1. The van der Waals surface area contributed by atoms with Crippen LogP contribution in [0.25, 0.3) is 0 Å². The summed E-state index contributed by atoms with van der Waals surface area (Å²) in [6, 6.07) is 7.12. The summed E-state index contributed by atoms with van der Waals surface area (Å²) in [6.45, 7) is 6.42. The summed E-state index contributed by atoms with van der Waals surface area (Å²) in [6.07, 6.45) is 5.10. The van der Waals surface area contributed by atoms with Crippen LogP contribution in [0.1, 0.15) is 45.1 Å². The lowest BCUT2D eigenvalue weighted by Crippen LogP contribution is -2.48. The fourth-order valence-electron chi connectivity index (χ4n) is 3.31. The van der Waals surface area contributed by atoms with E-state index in [0.29, 0.717) is 0 Å². The van der Waals surface area contributed by atoms with Crippen molar-refractivity contribution in [2.24, 2.45) is 5.92 Å². The van der Waals surface area contributed by atoms with Crippen molar-refractivity contribution in [3.05, 3.63) is 35.6 Å². The third-order valence-electron chi connectivity index (χ3n) is 4.23. The Morgan fingerprint density at radius 3 is 2.44 bits per heavy atom. The van der Waals surface area contributed by atoms with Crippen molar-refractivity contribution in [3.63, 3.8) is 0 Å². The van der Waals surface area contributed by atoms with Gasteiger partial charge in [0.1, 0.15) is 5.82 Å². The molecule has 0 atom stereocenters. The molecule has 1 aromatic rings. The molecule has 0 unspecified atom stereocenters. The van der Waals surface area contributed by atoms with Crippen LogP contribution in [0, 0.1) is 11.7 Å². The van der Waals surface area contributed by atoms with Crippen molar-refractivity contribution in [3.8, 4) is 0 Å². The molecule has 0 amide bonds. The molecular formula is C16H24FN. The minimum Gasteiger partial charge on any atom is -0.316 e. The van der Waals surface area contributed by atoms with Crippen molar-refractivity contribution in [1.29, 1.82) is 0 Å². The van der Waals surface area contributed by atoms with Gasteiger partial charge >= 0.3 is 0 Å². The van der Waals surface area contributed by atoms with Crippen LogP contribution in [-0.2, 0) is 5.41 Å².